The van der Waals surface area contributed by atoms with Gasteiger partial charge in [-0.3, -0.25) is 9.20 Å². The summed E-state index contributed by atoms with van der Waals surface area (Å²) >= 11 is 0. The molecule has 0 heterocycles. The van der Waals surface area contributed by atoms with Crippen LogP contribution in [0.15, 0.2) is 64.5 Å². The smallest absolute Gasteiger partial charge is 0.0667 e. The highest BCUT2D eigenvalue weighted by atomic mass is 32.2. The summed E-state index contributed by atoms with van der Waals surface area (Å²) in [6.07, 6.45) is 0. The van der Waals surface area contributed by atoms with Crippen molar-refractivity contribution in [1.29, 1.82) is 0 Å². The van der Waals surface area contributed by atoms with Gasteiger partial charge in [-0.1, -0.05) is 68.8 Å². The van der Waals surface area contributed by atoms with Gasteiger partial charge in [0, 0.05) is 16.0 Å². The van der Waals surface area contributed by atoms with Crippen LogP contribution in [0.1, 0.15) is 31.9 Å². The molecule has 0 saturated heterocycles. The van der Waals surface area contributed by atoms with Crippen LogP contribution in [0, 0.1) is 12.3 Å². The Hall–Kier alpha value is -1.74. The number of hydrogen-bond acceptors (Lipinski definition) is 2. The van der Waals surface area contributed by atoms with Crippen molar-refractivity contribution < 1.29 is 4.21 Å². The first-order chi connectivity index (χ1) is 10.9. The summed E-state index contributed by atoms with van der Waals surface area (Å²) in [5, 5.41) is 0. The van der Waals surface area contributed by atoms with Crippen LogP contribution in [-0.2, 0) is 17.3 Å². The van der Waals surface area contributed by atoms with Crippen LogP contribution < -0.4 is 0 Å². The van der Waals surface area contributed by atoms with Crippen molar-refractivity contribution >= 4 is 16.5 Å². The molecule has 0 amide bonds. The zero-order chi connectivity index (χ0) is 16.9. The summed E-state index contributed by atoms with van der Waals surface area (Å²) in [6, 6.07) is 18.1. The fourth-order valence-corrected chi connectivity index (χ4v) is 3.55. The van der Waals surface area contributed by atoms with Gasteiger partial charge in [-0.05, 0) is 24.6 Å². The Labute approximate surface area is 142 Å². The summed E-state index contributed by atoms with van der Waals surface area (Å²) in [5.41, 5.74) is 3.27. The molecule has 23 heavy (non-hydrogen) atoms. The molecule has 0 spiro atoms. The molecule has 0 aliphatic rings. The molecular weight excluding hydrogens is 302 g/mol. The van der Waals surface area contributed by atoms with Crippen LogP contribution in [0.4, 0.5) is 0 Å². The number of benzene rings is 2. The molecule has 0 aromatic heterocycles. The molecule has 1 atom stereocenters. The molecule has 0 radical (unpaired) electrons. The number of rotatable bonds is 5. The van der Waals surface area contributed by atoms with E-state index in [1.54, 1.807) is 0 Å². The van der Waals surface area contributed by atoms with E-state index >= 15 is 0 Å². The minimum Gasteiger partial charge on any atom is -0.288 e. The zero-order valence-corrected chi connectivity index (χ0v) is 15.2. The van der Waals surface area contributed by atoms with Gasteiger partial charge >= 0.3 is 0 Å². The van der Waals surface area contributed by atoms with E-state index in [-0.39, 0.29) is 5.41 Å². The number of hydrogen-bond donors (Lipinski definition) is 0. The van der Waals surface area contributed by atoms with E-state index in [0.717, 1.165) is 10.6 Å². The van der Waals surface area contributed by atoms with E-state index in [0.29, 0.717) is 12.3 Å². The molecule has 1 unspecified atom stereocenters. The third-order valence-corrected chi connectivity index (χ3v) is 5.05. The van der Waals surface area contributed by atoms with Gasteiger partial charge in [0.25, 0.3) is 0 Å². The average Bonchev–Trinajstić information content (AvgIpc) is 2.51. The summed E-state index contributed by atoms with van der Waals surface area (Å²) in [4.78, 5) is 5.64. The topological polar surface area (TPSA) is 29.4 Å². The molecule has 2 rings (SSSR count). The zero-order valence-electron chi connectivity index (χ0n) is 14.4. The van der Waals surface area contributed by atoms with Crippen molar-refractivity contribution in [3.8, 4) is 0 Å². The van der Waals surface area contributed by atoms with Gasteiger partial charge in [-0.25, -0.2) is 0 Å². The first-order valence-electron chi connectivity index (χ1n) is 7.89. The Morgan fingerprint density at radius 3 is 2.17 bits per heavy atom. The van der Waals surface area contributed by atoms with Crippen LogP contribution in [0.5, 0.6) is 0 Å². The van der Waals surface area contributed by atoms with Crippen LogP contribution in [0.2, 0.25) is 0 Å². The molecule has 2 nitrogen and oxygen atoms in total. The highest BCUT2D eigenvalue weighted by molar-refractivity contribution is 7.85. The second-order valence-electron chi connectivity index (χ2n) is 6.80. The molecule has 0 saturated carbocycles. The molecule has 3 heteroatoms. The van der Waals surface area contributed by atoms with Gasteiger partial charge in [-0.2, -0.15) is 0 Å². The Balaban J connectivity index is 2.16. The molecule has 0 N–H and O–H groups in total. The fourth-order valence-electron chi connectivity index (χ4n) is 2.17. The number of aliphatic imine (C=N–C) groups is 1. The maximum atomic E-state index is 12.7. The third-order valence-electron chi connectivity index (χ3n) is 3.71. The predicted octanol–water partition coefficient (Wildman–Crippen LogP) is 4.79. The number of nitrogens with zero attached hydrogens (tertiary/aromatic N) is 1. The second kappa shape index (κ2) is 7.69. The lowest BCUT2D eigenvalue weighted by Gasteiger charge is -2.21. The van der Waals surface area contributed by atoms with E-state index < -0.39 is 10.8 Å². The van der Waals surface area contributed by atoms with Crippen molar-refractivity contribution in [3.05, 3.63) is 65.7 Å². The minimum absolute atomic E-state index is 0.0882. The van der Waals surface area contributed by atoms with Gasteiger partial charge < -0.3 is 0 Å². The van der Waals surface area contributed by atoms with Crippen molar-refractivity contribution in [2.24, 2.45) is 10.4 Å². The summed E-state index contributed by atoms with van der Waals surface area (Å²) < 4.78 is 12.7. The van der Waals surface area contributed by atoms with E-state index in [2.05, 4.69) is 32.9 Å². The van der Waals surface area contributed by atoms with Gasteiger partial charge in [0.05, 0.1) is 23.1 Å². The molecule has 0 aliphatic carbocycles. The van der Waals surface area contributed by atoms with Gasteiger partial charge in [0.2, 0.25) is 0 Å². The summed E-state index contributed by atoms with van der Waals surface area (Å²) in [7, 11) is -1.06. The maximum absolute atomic E-state index is 12.7. The standard InChI is InChI=1S/C20H25NOS/c1-16-10-12-18(13-11-16)23(22)15-19(20(2,3)4)21-14-17-8-6-5-7-9-17/h5-13H,14-15H2,1-4H3. The average molecular weight is 327 g/mol. The fraction of sp³-hybridized carbons (Fsp3) is 0.350. The van der Waals surface area contributed by atoms with Crippen LogP contribution >= 0.6 is 0 Å². The van der Waals surface area contributed by atoms with Gasteiger partial charge in [0.1, 0.15) is 0 Å². The first kappa shape index (κ1) is 17.6. The maximum Gasteiger partial charge on any atom is 0.0667 e. The van der Waals surface area contributed by atoms with Crippen LogP contribution in [-0.4, -0.2) is 15.7 Å². The van der Waals surface area contributed by atoms with E-state index in [4.69, 9.17) is 4.99 Å². The lowest BCUT2D eigenvalue weighted by atomic mass is 9.91. The molecule has 2 aromatic carbocycles. The minimum atomic E-state index is -1.06. The molecule has 0 aliphatic heterocycles. The van der Waals surface area contributed by atoms with E-state index in [1.807, 2.05) is 49.4 Å². The van der Waals surface area contributed by atoms with Crippen LogP contribution in [0.3, 0.4) is 0 Å². The highest BCUT2D eigenvalue weighted by Gasteiger charge is 2.21. The van der Waals surface area contributed by atoms with E-state index in [9.17, 15) is 4.21 Å². The highest BCUT2D eigenvalue weighted by Crippen LogP contribution is 2.20. The Bertz CT molecular complexity index is 682. The molecule has 2 aromatic rings. The summed E-state index contributed by atoms with van der Waals surface area (Å²) in [6.45, 7) is 9.06. The second-order valence-corrected chi connectivity index (χ2v) is 8.25. The molecule has 122 valence electrons. The lowest BCUT2D eigenvalue weighted by molar-refractivity contribution is 0.584. The van der Waals surface area contributed by atoms with Gasteiger partial charge in [-0.15, -0.1) is 0 Å². The van der Waals surface area contributed by atoms with Crippen molar-refractivity contribution in [1.82, 2.24) is 0 Å². The van der Waals surface area contributed by atoms with Crippen molar-refractivity contribution in [3.63, 3.8) is 0 Å². The summed E-state index contributed by atoms with van der Waals surface area (Å²) in [5.74, 6) is 0.486. The van der Waals surface area contributed by atoms with Crippen molar-refractivity contribution in [2.45, 2.75) is 39.1 Å². The third kappa shape index (κ3) is 5.43. The monoisotopic (exact) mass is 327 g/mol. The SMILES string of the molecule is Cc1ccc(S(=O)CC(=NCc2ccccc2)C(C)(C)C)cc1. The molecule has 0 fully saturated rings. The quantitative estimate of drug-likeness (QED) is 0.726. The Morgan fingerprint density at radius 2 is 1.61 bits per heavy atom. The molecule has 0 bridgehead atoms. The Kier molecular flexibility index (Phi) is 5.89. The van der Waals surface area contributed by atoms with Gasteiger partial charge in [0.15, 0.2) is 0 Å². The lowest BCUT2D eigenvalue weighted by Crippen LogP contribution is -2.26. The van der Waals surface area contributed by atoms with Crippen LogP contribution in [0.25, 0.3) is 0 Å². The predicted molar refractivity (Wildman–Crippen MR) is 99.5 cm³/mol. The largest absolute Gasteiger partial charge is 0.288 e. The normalized spacial score (nSPS) is 13.8. The number of aryl methyl sites for hydroxylation is 1. The van der Waals surface area contributed by atoms with Crippen molar-refractivity contribution in [2.75, 3.05) is 5.75 Å². The molecular formula is C20H25NOS. The first-order valence-corrected chi connectivity index (χ1v) is 9.21. The Morgan fingerprint density at radius 1 is 1.00 bits per heavy atom. The van der Waals surface area contributed by atoms with E-state index in [1.165, 1.54) is 11.1 Å².